The number of aliphatic carboxylic acids is 1. The van der Waals surface area contributed by atoms with E-state index >= 15 is 0 Å². The largest absolute Gasteiger partial charge is 0.480 e. The molecule has 0 aliphatic heterocycles. The van der Waals surface area contributed by atoms with Crippen LogP contribution in [-0.2, 0) is 4.79 Å². The van der Waals surface area contributed by atoms with Gasteiger partial charge in [-0.3, -0.25) is 4.79 Å². The number of carbonyl (C=O) groups is 1. The SMILES string of the molecule is CCC(NCC(C)(C)S)C(=O)O. The maximum Gasteiger partial charge on any atom is 0.320 e. The number of carboxylic acids is 1. The van der Waals surface area contributed by atoms with Crippen LogP contribution in [0.4, 0.5) is 0 Å². The molecule has 0 aromatic heterocycles. The number of hydrogen-bond donors (Lipinski definition) is 3. The number of hydrogen-bond acceptors (Lipinski definition) is 3. The second-order valence-electron chi connectivity index (χ2n) is 3.49. The van der Waals surface area contributed by atoms with Crippen molar-refractivity contribution in [2.45, 2.75) is 38.0 Å². The normalized spacial score (nSPS) is 14.3. The van der Waals surface area contributed by atoms with E-state index in [1.807, 2.05) is 20.8 Å². The Hall–Kier alpha value is -0.220. The van der Waals surface area contributed by atoms with Crippen molar-refractivity contribution in [1.82, 2.24) is 5.32 Å². The Kier molecular flexibility index (Phi) is 4.63. The predicted octanol–water partition coefficient (Wildman–Crippen LogP) is 1.15. The second kappa shape index (κ2) is 4.72. The van der Waals surface area contributed by atoms with Gasteiger partial charge in [0.1, 0.15) is 6.04 Å². The highest BCUT2D eigenvalue weighted by Gasteiger charge is 2.18. The minimum absolute atomic E-state index is 0.164. The molecule has 12 heavy (non-hydrogen) atoms. The summed E-state index contributed by atoms with van der Waals surface area (Å²) in [5.41, 5.74) is 0. The van der Waals surface area contributed by atoms with Gasteiger partial charge in [-0.2, -0.15) is 12.6 Å². The van der Waals surface area contributed by atoms with Crippen LogP contribution in [0.2, 0.25) is 0 Å². The van der Waals surface area contributed by atoms with E-state index in [1.54, 1.807) is 0 Å². The molecule has 0 rings (SSSR count). The van der Waals surface area contributed by atoms with E-state index in [2.05, 4.69) is 17.9 Å². The lowest BCUT2D eigenvalue weighted by Crippen LogP contribution is -2.42. The predicted molar refractivity (Wildman–Crippen MR) is 52.8 cm³/mol. The average Bonchev–Trinajstić information content (AvgIpc) is 1.85. The van der Waals surface area contributed by atoms with E-state index < -0.39 is 12.0 Å². The van der Waals surface area contributed by atoms with Crippen LogP contribution >= 0.6 is 12.6 Å². The number of rotatable bonds is 5. The van der Waals surface area contributed by atoms with E-state index in [4.69, 9.17) is 5.11 Å². The van der Waals surface area contributed by atoms with Gasteiger partial charge in [-0.05, 0) is 20.3 Å². The van der Waals surface area contributed by atoms with Gasteiger partial charge in [-0.15, -0.1) is 0 Å². The van der Waals surface area contributed by atoms with Crippen molar-refractivity contribution in [2.75, 3.05) is 6.54 Å². The summed E-state index contributed by atoms with van der Waals surface area (Å²) < 4.78 is -0.164. The van der Waals surface area contributed by atoms with E-state index in [1.165, 1.54) is 0 Å². The summed E-state index contributed by atoms with van der Waals surface area (Å²) in [6.07, 6.45) is 0.596. The molecule has 0 aliphatic rings. The van der Waals surface area contributed by atoms with Crippen LogP contribution in [0.25, 0.3) is 0 Å². The fraction of sp³-hybridized carbons (Fsp3) is 0.875. The van der Waals surface area contributed by atoms with Gasteiger partial charge in [0.2, 0.25) is 0 Å². The Morgan fingerprint density at radius 1 is 1.67 bits per heavy atom. The van der Waals surface area contributed by atoms with E-state index in [0.29, 0.717) is 13.0 Å². The Labute approximate surface area is 79.0 Å². The lowest BCUT2D eigenvalue weighted by Gasteiger charge is -2.20. The Morgan fingerprint density at radius 2 is 2.17 bits per heavy atom. The molecule has 72 valence electrons. The van der Waals surface area contributed by atoms with Gasteiger partial charge in [-0.1, -0.05) is 6.92 Å². The lowest BCUT2D eigenvalue weighted by atomic mass is 10.1. The molecular formula is C8H17NO2S. The molecule has 0 fully saturated rings. The number of nitrogens with one attached hydrogen (secondary N) is 1. The van der Waals surface area contributed by atoms with Gasteiger partial charge in [0.15, 0.2) is 0 Å². The fourth-order valence-electron chi connectivity index (χ4n) is 0.779. The quantitative estimate of drug-likeness (QED) is 0.571. The number of carboxylic acid groups (broad SMARTS) is 1. The smallest absolute Gasteiger partial charge is 0.320 e. The first-order valence-electron chi connectivity index (χ1n) is 4.05. The van der Waals surface area contributed by atoms with E-state index in [-0.39, 0.29) is 4.75 Å². The van der Waals surface area contributed by atoms with Gasteiger partial charge in [0, 0.05) is 11.3 Å². The highest BCUT2D eigenvalue weighted by Crippen LogP contribution is 2.09. The minimum Gasteiger partial charge on any atom is -0.480 e. The highest BCUT2D eigenvalue weighted by atomic mass is 32.1. The molecule has 1 unspecified atom stereocenters. The van der Waals surface area contributed by atoms with Crippen LogP contribution in [0.3, 0.4) is 0 Å². The summed E-state index contributed by atoms with van der Waals surface area (Å²) in [6, 6.07) is -0.448. The third-order valence-electron chi connectivity index (χ3n) is 1.49. The minimum atomic E-state index is -0.796. The third kappa shape index (κ3) is 5.43. The molecule has 0 bridgehead atoms. The maximum absolute atomic E-state index is 10.6. The average molecular weight is 191 g/mol. The zero-order valence-electron chi connectivity index (χ0n) is 7.79. The molecule has 1 atom stereocenters. The Morgan fingerprint density at radius 3 is 2.42 bits per heavy atom. The van der Waals surface area contributed by atoms with Crippen molar-refractivity contribution in [1.29, 1.82) is 0 Å². The van der Waals surface area contributed by atoms with Crippen LogP contribution in [0.5, 0.6) is 0 Å². The molecule has 0 radical (unpaired) electrons. The van der Waals surface area contributed by atoms with E-state index in [0.717, 1.165) is 0 Å². The van der Waals surface area contributed by atoms with Gasteiger partial charge in [-0.25, -0.2) is 0 Å². The van der Waals surface area contributed by atoms with Crippen molar-refractivity contribution in [3.8, 4) is 0 Å². The van der Waals surface area contributed by atoms with Crippen LogP contribution in [0.1, 0.15) is 27.2 Å². The summed E-state index contributed by atoms with van der Waals surface area (Å²) in [6.45, 7) is 6.33. The Balaban J connectivity index is 3.81. The molecule has 0 saturated heterocycles. The maximum atomic E-state index is 10.6. The molecule has 0 aromatic rings. The summed E-state index contributed by atoms with van der Waals surface area (Å²) in [7, 11) is 0. The van der Waals surface area contributed by atoms with Gasteiger partial charge in [0.05, 0.1) is 0 Å². The first kappa shape index (κ1) is 11.8. The van der Waals surface area contributed by atoms with Gasteiger partial charge < -0.3 is 10.4 Å². The van der Waals surface area contributed by atoms with E-state index in [9.17, 15) is 4.79 Å². The van der Waals surface area contributed by atoms with Crippen molar-refractivity contribution in [3.05, 3.63) is 0 Å². The van der Waals surface area contributed by atoms with Crippen LogP contribution in [0.15, 0.2) is 0 Å². The third-order valence-corrected chi connectivity index (χ3v) is 1.65. The van der Waals surface area contributed by atoms with Gasteiger partial charge in [0.25, 0.3) is 0 Å². The molecule has 3 nitrogen and oxygen atoms in total. The molecule has 0 saturated carbocycles. The first-order valence-corrected chi connectivity index (χ1v) is 4.50. The van der Waals surface area contributed by atoms with Crippen molar-refractivity contribution < 1.29 is 9.90 Å². The zero-order valence-corrected chi connectivity index (χ0v) is 8.69. The molecule has 0 aliphatic carbocycles. The Bertz CT molecular complexity index is 154. The molecule has 0 heterocycles. The number of thiol groups is 1. The molecular weight excluding hydrogens is 174 g/mol. The topological polar surface area (TPSA) is 49.3 Å². The second-order valence-corrected chi connectivity index (χ2v) is 4.70. The standard InChI is InChI=1S/C8H17NO2S/c1-4-6(7(10)11)9-5-8(2,3)12/h6,9,12H,4-5H2,1-3H3,(H,10,11). The lowest BCUT2D eigenvalue weighted by molar-refractivity contribution is -0.139. The molecule has 0 spiro atoms. The van der Waals surface area contributed by atoms with Crippen LogP contribution in [-0.4, -0.2) is 28.4 Å². The summed E-state index contributed by atoms with van der Waals surface area (Å²) >= 11 is 4.28. The monoisotopic (exact) mass is 191 g/mol. The summed E-state index contributed by atoms with van der Waals surface area (Å²) in [4.78, 5) is 10.6. The van der Waals surface area contributed by atoms with Gasteiger partial charge >= 0.3 is 5.97 Å². The molecule has 0 amide bonds. The van der Waals surface area contributed by atoms with Crippen LogP contribution < -0.4 is 5.32 Å². The molecule has 2 N–H and O–H groups in total. The summed E-state index contributed by atoms with van der Waals surface area (Å²) in [5.74, 6) is -0.796. The zero-order chi connectivity index (χ0) is 9.78. The first-order chi connectivity index (χ1) is 5.37. The molecule has 0 aromatic carbocycles. The summed E-state index contributed by atoms with van der Waals surface area (Å²) in [5, 5.41) is 11.6. The fourth-order valence-corrected chi connectivity index (χ4v) is 0.871. The van der Waals surface area contributed by atoms with Crippen LogP contribution in [0, 0.1) is 0 Å². The van der Waals surface area contributed by atoms with Crippen molar-refractivity contribution in [3.63, 3.8) is 0 Å². The highest BCUT2D eigenvalue weighted by molar-refractivity contribution is 7.81. The van der Waals surface area contributed by atoms with Crippen molar-refractivity contribution >= 4 is 18.6 Å². The van der Waals surface area contributed by atoms with Crippen molar-refractivity contribution in [2.24, 2.45) is 0 Å². The molecule has 4 heteroatoms.